The van der Waals surface area contributed by atoms with Crippen LogP contribution in [0.3, 0.4) is 0 Å². The van der Waals surface area contributed by atoms with Gasteiger partial charge < -0.3 is 74.5 Å². The van der Waals surface area contributed by atoms with Crippen LogP contribution in [0, 0.1) is 10.1 Å². The Bertz CT molecular complexity index is 1280. The summed E-state index contributed by atoms with van der Waals surface area (Å²) in [6, 6.07) is 0. The van der Waals surface area contributed by atoms with Gasteiger partial charge in [0.1, 0.15) is 16.8 Å². The molecule has 0 atom stereocenters. The van der Waals surface area contributed by atoms with Crippen molar-refractivity contribution in [2.75, 3.05) is 119 Å². The molecule has 0 unspecified atom stereocenters. The van der Waals surface area contributed by atoms with Crippen molar-refractivity contribution in [1.29, 1.82) is 0 Å². The zero-order chi connectivity index (χ0) is 50.6. The molecule has 67 heavy (non-hydrogen) atoms. The summed E-state index contributed by atoms with van der Waals surface area (Å²) in [5.41, 5.74) is -3.58. The number of carbonyl (C=O) groups excluding carboxylic acids is 6. The molecule has 24 heteroatoms. The Balaban J connectivity index is 4.84. The molecule has 0 aliphatic heterocycles. The third-order valence-corrected chi connectivity index (χ3v) is 8.41. The van der Waals surface area contributed by atoms with E-state index in [9.17, 15) is 38.9 Å². The lowest BCUT2D eigenvalue weighted by atomic mass is 9.84. The largest absolute Gasteiger partial charge is 0.444 e. The quantitative estimate of drug-likeness (QED) is 0.0225. The predicted octanol–water partition coefficient (Wildman–Crippen LogP) is 2.36. The number of nitrogens with one attached hydrogen (secondary N) is 6. The Morgan fingerprint density at radius 3 is 0.776 bits per heavy atom. The smallest absolute Gasteiger partial charge is 0.407 e. The first-order chi connectivity index (χ1) is 31.4. The highest BCUT2D eigenvalue weighted by Gasteiger charge is 2.43. The number of alkyl carbamates (subject to hydrolysis) is 3. The number of hydrogen-bond donors (Lipinski definition) is 6. The van der Waals surface area contributed by atoms with E-state index in [-0.39, 0.29) is 157 Å². The second kappa shape index (κ2) is 35.5. The van der Waals surface area contributed by atoms with Crippen LogP contribution in [0.15, 0.2) is 0 Å². The molecule has 0 rings (SSSR count). The maximum absolute atomic E-state index is 12.8. The monoisotopic (exact) mass is 968 g/mol. The Morgan fingerprint density at radius 1 is 0.373 bits per heavy atom. The van der Waals surface area contributed by atoms with E-state index in [4.69, 9.17) is 42.6 Å². The molecule has 0 heterocycles. The average Bonchev–Trinajstić information content (AvgIpc) is 3.20. The first kappa shape index (κ1) is 62.4. The Hall–Kier alpha value is -4.62. The zero-order valence-electron chi connectivity index (χ0n) is 41.4. The fourth-order valence-corrected chi connectivity index (χ4v) is 5.32. The van der Waals surface area contributed by atoms with Gasteiger partial charge in [-0.3, -0.25) is 24.5 Å². The second-order valence-electron chi connectivity index (χ2n) is 18.0. The SMILES string of the molecule is CC(C)(C)OC(=O)NCCOCCOCCNC(=O)CCC(CCC(=O)NCCOCCOCCNC(=O)OC(C)(C)C)(CCC(=O)NCCOCCOCCNC(=O)OC(C)(C)C)[N+](=O)[O-]. The molecule has 0 aromatic carbocycles. The third kappa shape index (κ3) is 40.2. The topological polar surface area (TPSA) is 301 Å². The van der Waals surface area contributed by atoms with Crippen molar-refractivity contribution in [1.82, 2.24) is 31.9 Å². The molecular formula is C43H81N7O17. The molecule has 0 saturated carbocycles. The Morgan fingerprint density at radius 2 is 0.582 bits per heavy atom. The highest BCUT2D eigenvalue weighted by atomic mass is 16.6. The predicted molar refractivity (Wildman–Crippen MR) is 244 cm³/mol. The Kier molecular flexibility index (Phi) is 33.1. The minimum absolute atomic E-state index is 0.133. The molecular weight excluding hydrogens is 887 g/mol. The lowest BCUT2D eigenvalue weighted by molar-refractivity contribution is -0.573. The maximum atomic E-state index is 12.8. The number of ether oxygens (including phenoxy) is 9. The van der Waals surface area contributed by atoms with Crippen LogP contribution in [0.25, 0.3) is 0 Å². The standard InChI is InChI=1S/C43H81N7O17/c1-40(2,3)65-37(54)47-19-25-62-31-28-59-22-16-44-34(51)10-13-43(50(57)58,14-11-35(52)45-17-23-60-29-32-63-26-20-48-38(55)66-41(4,5)6)15-12-36(53)46-18-24-61-30-33-64-27-21-49-39(56)67-42(7,8)9/h10-33H2,1-9H3,(H,44,51)(H,45,52)(H,46,53)(H,47,54)(H,48,55)(H,49,56). The molecule has 6 N–H and O–H groups in total. The first-order valence-corrected chi connectivity index (χ1v) is 22.7. The van der Waals surface area contributed by atoms with Crippen molar-refractivity contribution < 1.29 is 76.3 Å². The molecule has 0 aliphatic carbocycles. The molecule has 0 saturated heterocycles. The van der Waals surface area contributed by atoms with Gasteiger partial charge >= 0.3 is 18.3 Å². The molecule has 0 spiro atoms. The van der Waals surface area contributed by atoms with Crippen LogP contribution in [-0.4, -0.2) is 182 Å². The van der Waals surface area contributed by atoms with Crippen LogP contribution in [-0.2, 0) is 57.0 Å². The van der Waals surface area contributed by atoms with Crippen molar-refractivity contribution in [3.63, 3.8) is 0 Å². The van der Waals surface area contributed by atoms with E-state index in [1.165, 1.54) is 0 Å². The van der Waals surface area contributed by atoms with Gasteiger partial charge in [0, 0.05) is 82.7 Å². The molecule has 24 nitrogen and oxygen atoms in total. The molecule has 0 aromatic rings. The normalized spacial score (nSPS) is 11.8. The van der Waals surface area contributed by atoms with E-state index < -0.39 is 63.3 Å². The minimum Gasteiger partial charge on any atom is -0.444 e. The molecule has 0 fully saturated rings. The van der Waals surface area contributed by atoms with Crippen LogP contribution in [0.2, 0.25) is 0 Å². The summed E-state index contributed by atoms with van der Waals surface area (Å²) in [6.07, 6.45) is -3.04. The average molecular weight is 968 g/mol. The van der Waals surface area contributed by atoms with E-state index in [0.717, 1.165) is 0 Å². The van der Waals surface area contributed by atoms with Gasteiger partial charge in [0.05, 0.1) is 79.3 Å². The maximum Gasteiger partial charge on any atom is 0.407 e. The molecule has 0 bridgehead atoms. The minimum atomic E-state index is -1.77. The van der Waals surface area contributed by atoms with Gasteiger partial charge in [-0.25, -0.2) is 14.4 Å². The number of nitro groups is 1. The van der Waals surface area contributed by atoms with Gasteiger partial charge in [-0.2, -0.15) is 0 Å². The van der Waals surface area contributed by atoms with Gasteiger partial charge in [-0.15, -0.1) is 0 Å². The summed E-state index contributed by atoms with van der Waals surface area (Å²) in [5, 5.41) is 28.4. The van der Waals surface area contributed by atoms with E-state index in [0.29, 0.717) is 0 Å². The van der Waals surface area contributed by atoms with Crippen LogP contribution in [0.1, 0.15) is 101 Å². The molecule has 0 radical (unpaired) electrons. The molecule has 0 aliphatic rings. The Labute approximate surface area is 395 Å². The van der Waals surface area contributed by atoms with Gasteiger partial charge in [-0.05, 0) is 62.3 Å². The fraction of sp³-hybridized carbons (Fsp3) is 0.860. The van der Waals surface area contributed by atoms with Crippen molar-refractivity contribution >= 4 is 36.0 Å². The number of amides is 6. The van der Waals surface area contributed by atoms with Crippen LogP contribution >= 0.6 is 0 Å². The van der Waals surface area contributed by atoms with Crippen molar-refractivity contribution in [2.24, 2.45) is 0 Å². The van der Waals surface area contributed by atoms with Crippen molar-refractivity contribution in [3.05, 3.63) is 10.1 Å². The van der Waals surface area contributed by atoms with Crippen molar-refractivity contribution in [3.8, 4) is 0 Å². The highest BCUT2D eigenvalue weighted by Crippen LogP contribution is 2.29. The summed E-state index contributed by atoms with van der Waals surface area (Å²) in [6.45, 7) is 19.6. The number of hydrogen-bond acceptors (Lipinski definition) is 17. The summed E-state index contributed by atoms with van der Waals surface area (Å²) in [7, 11) is 0. The molecule has 0 aromatic heterocycles. The van der Waals surface area contributed by atoms with Gasteiger partial charge in [0.25, 0.3) is 0 Å². The molecule has 390 valence electrons. The van der Waals surface area contributed by atoms with Crippen LogP contribution in [0.5, 0.6) is 0 Å². The third-order valence-electron chi connectivity index (χ3n) is 8.41. The second-order valence-corrected chi connectivity index (χ2v) is 18.0. The first-order valence-electron chi connectivity index (χ1n) is 22.7. The lowest BCUT2D eigenvalue weighted by Crippen LogP contribution is -2.43. The molecule has 6 amide bonds. The number of nitrogens with zero attached hydrogens (tertiary/aromatic N) is 1. The summed E-state index contributed by atoms with van der Waals surface area (Å²) < 4.78 is 48.0. The van der Waals surface area contributed by atoms with Crippen molar-refractivity contribution in [2.45, 2.75) is 123 Å². The van der Waals surface area contributed by atoms with E-state index in [2.05, 4.69) is 31.9 Å². The number of rotatable bonds is 37. The highest BCUT2D eigenvalue weighted by molar-refractivity contribution is 5.77. The van der Waals surface area contributed by atoms with E-state index in [1.54, 1.807) is 62.3 Å². The lowest BCUT2D eigenvalue weighted by Gasteiger charge is -2.25. The van der Waals surface area contributed by atoms with Crippen LogP contribution in [0.4, 0.5) is 14.4 Å². The van der Waals surface area contributed by atoms with E-state index in [1.807, 2.05) is 0 Å². The summed E-state index contributed by atoms with van der Waals surface area (Å²) in [5.74, 6) is -1.39. The van der Waals surface area contributed by atoms with E-state index >= 15 is 0 Å². The summed E-state index contributed by atoms with van der Waals surface area (Å²) >= 11 is 0. The number of carbonyl (C=O) groups is 6. The fourth-order valence-electron chi connectivity index (χ4n) is 5.32. The van der Waals surface area contributed by atoms with Crippen LogP contribution < -0.4 is 31.9 Å². The van der Waals surface area contributed by atoms with Gasteiger partial charge in [0.2, 0.25) is 23.3 Å². The summed E-state index contributed by atoms with van der Waals surface area (Å²) in [4.78, 5) is 85.5. The van der Waals surface area contributed by atoms with Gasteiger partial charge in [-0.1, -0.05) is 0 Å². The zero-order valence-corrected chi connectivity index (χ0v) is 41.4. The van der Waals surface area contributed by atoms with Gasteiger partial charge in [0.15, 0.2) is 0 Å².